The molecule has 6 aromatic carbocycles. The number of nitrogens with zero attached hydrogens (tertiary/aromatic N) is 2. The molecule has 0 bridgehead atoms. The Hall–Kier alpha value is -6.56. The molecule has 8 aromatic rings. The molecule has 2 aliphatic heterocycles. The van der Waals surface area contributed by atoms with Gasteiger partial charge in [0, 0.05) is 39.5 Å². The van der Waals surface area contributed by atoms with E-state index >= 15 is 0 Å². The molecule has 2 unspecified atom stereocenters. The highest BCUT2D eigenvalue weighted by Crippen LogP contribution is 2.42. The third-order valence-electron chi connectivity index (χ3n) is 11.5. The third kappa shape index (κ3) is 4.97. The fourth-order valence-corrected chi connectivity index (χ4v) is 8.92. The summed E-state index contributed by atoms with van der Waals surface area (Å²) in [5.74, 6) is 1.07. The minimum Gasteiger partial charge on any atom is -0.367 e. The van der Waals surface area contributed by atoms with Crippen LogP contribution >= 0.6 is 0 Å². The van der Waals surface area contributed by atoms with Gasteiger partial charge in [0.05, 0.1) is 28.1 Å². The summed E-state index contributed by atoms with van der Waals surface area (Å²) in [6, 6.07) is 48.5. The molecule has 0 saturated carbocycles. The van der Waals surface area contributed by atoms with Gasteiger partial charge in [-0.25, -0.2) is 0 Å². The summed E-state index contributed by atoms with van der Waals surface area (Å²) in [6.45, 7) is 0.716. The zero-order chi connectivity index (χ0) is 35.6. The molecule has 2 aromatic heterocycles. The number of hydrogen-bond donors (Lipinski definition) is 3. The number of para-hydroxylation sites is 3. The van der Waals surface area contributed by atoms with Crippen molar-refractivity contribution in [2.24, 2.45) is 0 Å². The Morgan fingerprint density at radius 2 is 1.39 bits per heavy atom. The van der Waals surface area contributed by atoms with Gasteiger partial charge in [-0.2, -0.15) is 0 Å². The fourth-order valence-electron chi connectivity index (χ4n) is 8.92. The molecule has 11 rings (SSSR count). The number of nitrogens with one attached hydrogen (secondary N) is 3. The number of benzene rings is 6. The van der Waals surface area contributed by atoms with Crippen LogP contribution in [0, 0.1) is 0 Å². The number of hydrogen-bond acceptors (Lipinski definition) is 3. The Labute approximate surface area is 313 Å². The van der Waals surface area contributed by atoms with Gasteiger partial charge in [0.15, 0.2) is 0 Å². The zero-order valence-electron chi connectivity index (χ0n) is 29.8. The van der Waals surface area contributed by atoms with Crippen molar-refractivity contribution >= 4 is 60.2 Å². The van der Waals surface area contributed by atoms with Crippen LogP contribution in [0.1, 0.15) is 24.4 Å². The summed E-state index contributed by atoms with van der Waals surface area (Å²) in [5.41, 5.74) is 11.1. The lowest BCUT2D eigenvalue weighted by Gasteiger charge is -2.36. The Kier molecular flexibility index (Phi) is 7.20. The van der Waals surface area contributed by atoms with E-state index in [1.165, 1.54) is 82.5 Å². The highest BCUT2D eigenvalue weighted by molar-refractivity contribution is 6.26. The Morgan fingerprint density at radius 3 is 2.20 bits per heavy atom. The normalized spacial score (nSPS) is 18.7. The van der Waals surface area contributed by atoms with E-state index in [0.29, 0.717) is 6.54 Å². The van der Waals surface area contributed by atoms with Crippen LogP contribution < -0.4 is 16.0 Å². The minimum atomic E-state index is -0.0297. The van der Waals surface area contributed by atoms with Gasteiger partial charge in [-0.3, -0.25) is 9.88 Å². The first-order valence-corrected chi connectivity index (χ1v) is 19.0. The molecule has 5 heteroatoms. The molecule has 0 spiro atoms. The Bertz CT molecular complexity index is 2950. The summed E-state index contributed by atoms with van der Waals surface area (Å²) in [4.78, 5) is 0. The van der Waals surface area contributed by atoms with Crippen LogP contribution in [0.25, 0.3) is 65.9 Å². The summed E-state index contributed by atoms with van der Waals surface area (Å²) in [6.07, 6.45) is 15.7. The third-order valence-corrected chi connectivity index (χ3v) is 11.5. The standard InChI is InChI=1S/C49H39N5/c1-3-14-33(15-4-1)41-30-42(35-24-23-32-13-7-8-16-34(32)29-35)52-49(51-41)36-25-28-46(50-31-36)54-44-22-12-10-20-40(44)47-45(54)27-26-39-38-19-9-11-21-43(38)53(48(39)47)37-17-5-2-6-18-37/h1-3,5-14,16-30,42,49-52H,4,15,31H2. The van der Waals surface area contributed by atoms with Crippen LogP contribution in [0.3, 0.4) is 0 Å². The van der Waals surface area contributed by atoms with Gasteiger partial charge in [0.25, 0.3) is 0 Å². The molecule has 3 aliphatic rings. The van der Waals surface area contributed by atoms with E-state index in [1.54, 1.807) is 0 Å². The number of dihydropyridines is 1. The summed E-state index contributed by atoms with van der Waals surface area (Å²) in [5, 5.41) is 19.3. The number of aromatic nitrogens is 2. The molecule has 0 amide bonds. The predicted molar refractivity (Wildman–Crippen MR) is 225 cm³/mol. The van der Waals surface area contributed by atoms with Crippen molar-refractivity contribution in [2.45, 2.75) is 25.0 Å². The second-order valence-electron chi connectivity index (χ2n) is 14.6. The quantitative estimate of drug-likeness (QED) is 0.168. The van der Waals surface area contributed by atoms with Gasteiger partial charge in [-0.1, -0.05) is 121 Å². The zero-order valence-corrected chi connectivity index (χ0v) is 29.8. The number of rotatable bonds is 5. The van der Waals surface area contributed by atoms with E-state index in [2.05, 4.69) is 195 Å². The average Bonchev–Trinajstić information content (AvgIpc) is 3.77. The van der Waals surface area contributed by atoms with Crippen molar-refractivity contribution in [2.75, 3.05) is 6.54 Å². The average molecular weight is 698 g/mol. The van der Waals surface area contributed by atoms with E-state index in [-0.39, 0.29) is 12.2 Å². The van der Waals surface area contributed by atoms with Gasteiger partial charge in [0.2, 0.25) is 0 Å². The van der Waals surface area contributed by atoms with Gasteiger partial charge in [-0.05, 0) is 88.9 Å². The van der Waals surface area contributed by atoms with Crippen molar-refractivity contribution in [3.63, 3.8) is 0 Å². The van der Waals surface area contributed by atoms with Gasteiger partial charge >= 0.3 is 0 Å². The molecule has 54 heavy (non-hydrogen) atoms. The van der Waals surface area contributed by atoms with Crippen LogP contribution in [0.4, 0.5) is 0 Å². The SMILES string of the molecule is C1=CCCC(C2=CC(c3ccc4ccccc4c3)NC(C3=CC=C(n4c5ccccc5c5c4ccc4c6ccccc6n(-c6ccccc6)c45)NC3)N2)=C1. The smallest absolute Gasteiger partial charge is 0.111 e. The molecule has 1 aliphatic carbocycles. The lowest BCUT2D eigenvalue weighted by Crippen LogP contribution is -2.50. The molecule has 260 valence electrons. The van der Waals surface area contributed by atoms with E-state index in [9.17, 15) is 0 Å². The molecule has 2 atom stereocenters. The van der Waals surface area contributed by atoms with E-state index in [0.717, 1.165) is 18.7 Å². The van der Waals surface area contributed by atoms with Crippen molar-refractivity contribution in [1.82, 2.24) is 25.1 Å². The van der Waals surface area contributed by atoms with Crippen LogP contribution in [-0.4, -0.2) is 21.8 Å². The maximum absolute atomic E-state index is 3.96. The molecular weight excluding hydrogens is 659 g/mol. The molecular formula is C49H39N5. The van der Waals surface area contributed by atoms with Crippen LogP contribution in [0.2, 0.25) is 0 Å². The molecule has 5 nitrogen and oxygen atoms in total. The fraction of sp³-hybridized carbons (Fsp3) is 0.102. The summed E-state index contributed by atoms with van der Waals surface area (Å²) in [7, 11) is 0. The van der Waals surface area contributed by atoms with Crippen molar-refractivity contribution < 1.29 is 0 Å². The largest absolute Gasteiger partial charge is 0.367 e. The van der Waals surface area contributed by atoms with Crippen LogP contribution in [0.5, 0.6) is 0 Å². The first kappa shape index (κ1) is 31.0. The van der Waals surface area contributed by atoms with Gasteiger partial charge in [0.1, 0.15) is 12.0 Å². The number of fused-ring (bicyclic) bond motifs is 8. The van der Waals surface area contributed by atoms with E-state index in [1.807, 2.05) is 0 Å². The highest BCUT2D eigenvalue weighted by Gasteiger charge is 2.28. The van der Waals surface area contributed by atoms with Crippen LogP contribution in [-0.2, 0) is 0 Å². The van der Waals surface area contributed by atoms with E-state index < -0.39 is 0 Å². The molecule has 0 fully saturated rings. The maximum Gasteiger partial charge on any atom is 0.111 e. The minimum absolute atomic E-state index is 0.0297. The van der Waals surface area contributed by atoms with Crippen LogP contribution in [0.15, 0.2) is 187 Å². The molecule has 0 saturated heterocycles. The van der Waals surface area contributed by atoms with Crippen molar-refractivity contribution in [3.8, 4) is 5.69 Å². The molecule has 3 N–H and O–H groups in total. The predicted octanol–water partition coefficient (Wildman–Crippen LogP) is 10.8. The van der Waals surface area contributed by atoms with Gasteiger partial charge < -0.3 is 15.2 Å². The molecule has 0 radical (unpaired) electrons. The first-order valence-electron chi connectivity index (χ1n) is 19.0. The van der Waals surface area contributed by atoms with E-state index in [4.69, 9.17) is 0 Å². The second-order valence-corrected chi connectivity index (χ2v) is 14.6. The lowest BCUT2D eigenvalue weighted by molar-refractivity contribution is 0.442. The summed E-state index contributed by atoms with van der Waals surface area (Å²) >= 11 is 0. The Morgan fingerprint density at radius 1 is 0.611 bits per heavy atom. The first-order chi connectivity index (χ1) is 26.8. The number of allylic oxidation sites excluding steroid dienone is 6. The highest BCUT2D eigenvalue weighted by atomic mass is 15.2. The van der Waals surface area contributed by atoms with Gasteiger partial charge in [-0.15, -0.1) is 0 Å². The molecule has 4 heterocycles. The second kappa shape index (κ2) is 12.5. The lowest BCUT2D eigenvalue weighted by atomic mass is 9.94. The Balaban J connectivity index is 1.03. The summed E-state index contributed by atoms with van der Waals surface area (Å²) < 4.78 is 4.86. The topological polar surface area (TPSA) is 46.0 Å². The monoisotopic (exact) mass is 697 g/mol. The van der Waals surface area contributed by atoms with Crippen molar-refractivity contribution in [3.05, 3.63) is 192 Å². The van der Waals surface area contributed by atoms with Crippen molar-refractivity contribution in [1.29, 1.82) is 0 Å². The maximum atomic E-state index is 3.96.